The first-order valence-corrected chi connectivity index (χ1v) is 7.79. The van der Waals surface area contributed by atoms with Crippen LogP contribution in [0, 0.1) is 11.8 Å². The van der Waals surface area contributed by atoms with Crippen LogP contribution in [0.4, 0.5) is 0 Å². The molecule has 0 aromatic carbocycles. The van der Waals surface area contributed by atoms with E-state index in [0.717, 1.165) is 25.0 Å². The molecule has 2 nitrogen and oxygen atoms in total. The second-order valence-corrected chi connectivity index (χ2v) is 7.00. The number of hydrogen-bond acceptors (Lipinski definition) is 2. The van der Waals surface area contributed by atoms with Crippen LogP contribution in [-0.2, 0) is 4.74 Å². The molecule has 0 bridgehead atoms. The molecule has 1 rings (SSSR count). The molecule has 1 aliphatic carbocycles. The van der Waals surface area contributed by atoms with Gasteiger partial charge < -0.3 is 10.1 Å². The van der Waals surface area contributed by atoms with Gasteiger partial charge in [-0.25, -0.2) is 0 Å². The standard InChI is InChI=1S/C16H33NO/c1-6-11-17-15(12-18-16(3,4)5)14-9-7-13(2)8-10-14/h13-15,17H,6-12H2,1-5H3. The molecule has 108 valence electrons. The summed E-state index contributed by atoms with van der Waals surface area (Å²) in [6.45, 7) is 13.0. The number of hydrogen-bond donors (Lipinski definition) is 1. The Morgan fingerprint density at radius 1 is 1.17 bits per heavy atom. The van der Waals surface area contributed by atoms with E-state index in [1.165, 1.54) is 32.1 Å². The van der Waals surface area contributed by atoms with Crippen molar-refractivity contribution in [2.45, 2.75) is 78.4 Å². The molecule has 0 spiro atoms. The maximum absolute atomic E-state index is 6.01. The van der Waals surface area contributed by atoms with Gasteiger partial charge in [0.05, 0.1) is 12.2 Å². The van der Waals surface area contributed by atoms with Crippen molar-refractivity contribution in [3.8, 4) is 0 Å². The quantitative estimate of drug-likeness (QED) is 0.774. The van der Waals surface area contributed by atoms with E-state index in [1.807, 2.05) is 0 Å². The first-order valence-electron chi connectivity index (χ1n) is 7.79. The van der Waals surface area contributed by atoms with Crippen LogP contribution >= 0.6 is 0 Å². The molecule has 1 unspecified atom stereocenters. The largest absolute Gasteiger partial charge is 0.374 e. The average molecular weight is 255 g/mol. The Balaban J connectivity index is 2.43. The molecule has 1 fully saturated rings. The van der Waals surface area contributed by atoms with Crippen LogP contribution < -0.4 is 5.32 Å². The highest BCUT2D eigenvalue weighted by Crippen LogP contribution is 2.31. The molecule has 0 aliphatic heterocycles. The van der Waals surface area contributed by atoms with Crippen LogP contribution in [0.5, 0.6) is 0 Å². The van der Waals surface area contributed by atoms with Crippen molar-refractivity contribution in [3.63, 3.8) is 0 Å². The Bertz CT molecular complexity index is 214. The maximum atomic E-state index is 6.01. The minimum absolute atomic E-state index is 0.0197. The molecule has 2 heteroatoms. The summed E-state index contributed by atoms with van der Waals surface area (Å²) in [5.74, 6) is 1.74. The van der Waals surface area contributed by atoms with Gasteiger partial charge in [0.25, 0.3) is 0 Å². The Labute approximate surface area is 114 Å². The van der Waals surface area contributed by atoms with E-state index < -0.39 is 0 Å². The van der Waals surface area contributed by atoms with Gasteiger partial charge in [0.2, 0.25) is 0 Å². The fourth-order valence-electron chi connectivity index (χ4n) is 2.72. The van der Waals surface area contributed by atoms with E-state index in [0.29, 0.717) is 6.04 Å². The second-order valence-electron chi connectivity index (χ2n) is 7.00. The summed E-state index contributed by atoms with van der Waals surface area (Å²) in [5.41, 5.74) is -0.0197. The lowest BCUT2D eigenvalue weighted by molar-refractivity contribution is -0.0255. The smallest absolute Gasteiger partial charge is 0.0629 e. The summed E-state index contributed by atoms with van der Waals surface area (Å²) < 4.78 is 6.01. The summed E-state index contributed by atoms with van der Waals surface area (Å²) in [6.07, 6.45) is 6.73. The molecule has 1 saturated carbocycles. The van der Waals surface area contributed by atoms with Gasteiger partial charge in [-0.1, -0.05) is 26.7 Å². The molecule has 0 aromatic heterocycles. The Morgan fingerprint density at radius 3 is 2.28 bits per heavy atom. The Morgan fingerprint density at radius 2 is 1.78 bits per heavy atom. The Hall–Kier alpha value is -0.0800. The number of nitrogens with one attached hydrogen (secondary N) is 1. The molecular formula is C16H33NO. The van der Waals surface area contributed by atoms with Crippen molar-refractivity contribution in [2.24, 2.45) is 11.8 Å². The molecule has 18 heavy (non-hydrogen) atoms. The van der Waals surface area contributed by atoms with E-state index >= 15 is 0 Å². The minimum Gasteiger partial charge on any atom is -0.374 e. The van der Waals surface area contributed by atoms with Crippen LogP contribution in [0.25, 0.3) is 0 Å². The molecule has 1 atom stereocenters. The predicted molar refractivity (Wildman–Crippen MR) is 78.9 cm³/mol. The molecule has 0 aromatic rings. The van der Waals surface area contributed by atoms with Crippen molar-refractivity contribution in [3.05, 3.63) is 0 Å². The number of ether oxygens (including phenoxy) is 1. The lowest BCUT2D eigenvalue weighted by Crippen LogP contribution is -2.43. The third kappa shape index (κ3) is 6.19. The molecule has 0 saturated heterocycles. The summed E-state index contributed by atoms with van der Waals surface area (Å²) >= 11 is 0. The summed E-state index contributed by atoms with van der Waals surface area (Å²) in [5, 5.41) is 3.70. The van der Waals surface area contributed by atoms with Gasteiger partial charge in [-0.2, -0.15) is 0 Å². The van der Waals surface area contributed by atoms with Crippen LogP contribution in [-0.4, -0.2) is 24.8 Å². The topological polar surface area (TPSA) is 21.3 Å². The molecular weight excluding hydrogens is 222 g/mol. The first-order chi connectivity index (χ1) is 8.42. The fourth-order valence-corrected chi connectivity index (χ4v) is 2.72. The van der Waals surface area contributed by atoms with Gasteiger partial charge in [0, 0.05) is 6.04 Å². The van der Waals surface area contributed by atoms with E-state index in [9.17, 15) is 0 Å². The lowest BCUT2D eigenvalue weighted by atomic mass is 9.79. The second kappa shape index (κ2) is 7.49. The van der Waals surface area contributed by atoms with Gasteiger partial charge in [-0.15, -0.1) is 0 Å². The highest BCUT2D eigenvalue weighted by atomic mass is 16.5. The van der Waals surface area contributed by atoms with Crippen molar-refractivity contribution in [2.75, 3.05) is 13.2 Å². The van der Waals surface area contributed by atoms with Gasteiger partial charge in [0.15, 0.2) is 0 Å². The van der Waals surface area contributed by atoms with Crippen molar-refractivity contribution >= 4 is 0 Å². The van der Waals surface area contributed by atoms with E-state index in [1.54, 1.807) is 0 Å². The van der Waals surface area contributed by atoms with Crippen LogP contribution in [0.3, 0.4) is 0 Å². The summed E-state index contributed by atoms with van der Waals surface area (Å²) in [6, 6.07) is 0.552. The van der Waals surface area contributed by atoms with E-state index in [2.05, 4.69) is 39.9 Å². The maximum Gasteiger partial charge on any atom is 0.0629 e. The normalized spacial score (nSPS) is 27.2. The number of rotatable bonds is 6. The van der Waals surface area contributed by atoms with Crippen LogP contribution in [0.15, 0.2) is 0 Å². The predicted octanol–water partition coefficient (Wildman–Crippen LogP) is 4.00. The molecule has 1 N–H and O–H groups in total. The van der Waals surface area contributed by atoms with Gasteiger partial charge in [0.1, 0.15) is 0 Å². The van der Waals surface area contributed by atoms with Gasteiger partial charge in [-0.3, -0.25) is 0 Å². The third-order valence-electron chi connectivity index (χ3n) is 3.98. The lowest BCUT2D eigenvalue weighted by Gasteiger charge is -2.35. The fraction of sp³-hybridized carbons (Fsp3) is 1.00. The SMILES string of the molecule is CCCNC(COC(C)(C)C)C1CCC(C)CC1. The highest BCUT2D eigenvalue weighted by molar-refractivity contribution is 4.81. The Kier molecular flexibility index (Phi) is 6.65. The van der Waals surface area contributed by atoms with Crippen LogP contribution in [0.2, 0.25) is 0 Å². The minimum atomic E-state index is -0.0197. The zero-order chi connectivity index (χ0) is 13.6. The summed E-state index contributed by atoms with van der Waals surface area (Å²) in [7, 11) is 0. The molecule has 1 aliphatic rings. The van der Waals surface area contributed by atoms with E-state index in [-0.39, 0.29) is 5.60 Å². The molecule has 0 radical (unpaired) electrons. The summed E-state index contributed by atoms with van der Waals surface area (Å²) in [4.78, 5) is 0. The van der Waals surface area contributed by atoms with Crippen molar-refractivity contribution < 1.29 is 4.74 Å². The zero-order valence-electron chi connectivity index (χ0n) is 13.1. The zero-order valence-corrected chi connectivity index (χ0v) is 13.1. The highest BCUT2D eigenvalue weighted by Gasteiger charge is 2.27. The van der Waals surface area contributed by atoms with Crippen molar-refractivity contribution in [1.82, 2.24) is 5.32 Å². The first kappa shape index (κ1) is 16.0. The third-order valence-corrected chi connectivity index (χ3v) is 3.98. The van der Waals surface area contributed by atoms with Crippen molar-refractivity contribution in [1.29, 1.82) is 0 Å². The average Bonchev–Trinajstić information content (AvgIpc) is 2.29. The monoisotopic (exact) mass is 255 g/mol. The van der Waals surface area contributed by atoms with E-state index in [4.69, 9.17) is 4.74 Å². The van der Waals surface area contributed by atoms with Crippen LogP contribution in [0.1, 0.15) is 66.7 Å². The molecule has 0 heterocycles. The van der Waals surface area contributed by atoms with Gasteiger partial charge in [-0.05, 0) is 58.4 Å². The van der Waals surface area contributed by atoms with Gasteiger partial charge >= 0.3 is 0 Å². The molecule has 0 amide bonds.